The Morgan fingerprint density at radius 1 is 1.42 bits per heavy atom. The first-order valence-corrected chi connectivity index (χ1v) is 7.23. The third-order valence-electron chi connectivity index (χ3n) is 2.33. The van der Waals surface area contributed by atoms with E-state index in [0.717, 1.165) is 8.66 Å². The quantitative estimate of drug-likeness (QED) is 0.376. The predicted molar refractivity (Wildman–Crippen MR) is 80.3 cm³/mol. The normalized spacial score (nSPS) is 11.6. The van der Waals surface area contributed by atoms with Gasteiger partial charge in [0.2, 0.25) is 0 Å². The van der Waals surface area contributed by atoms with Crippen LogP contribution in [0.4, 0.5) is 0 Å². The molecule has 0 fully saturated rings. The van der Waals surface area contributed by atoms with E-state index in [2.05, 4.69) is 21.1 Å². The highest BCUT2D eigenvalue weighted by Gasteiger charge is 2.07. The molecule has 0 bridgehead atoms. The standard InChI is InChI=1S/C12H10BrClN2O2S/c13-11-4-2-8(19-11)6-18-10-3-1-7(5-9(10)14)12(15)16-17/h1-5,17H,6H2,(H2,15,16). The van der Waals surface area contributed by atoms with Crippen molar-refractivity contribution in [2.24, 2.45) is 10.9 Å². The zero-order valence-corrected chi connectivity index (χ0v) is 12.8. The van der Waals surface area contributed by atoms with Crippen LogP contribution in [0.15, 0.2) is 39.3 Å². The fourth-order valence-corrected chi connectivity index (χ4v) is 3.04. The first-order chi connectivity index (χ1) is 9.10. The number of ether oxygens (including phenoxy) is 1. The van der Waals surface area contributed by atoms with Gasteiger partial charge in [-0.25, -0.2) is 0 Å². The van der Waals surface area contributed by atoms with Crippen LogP contribution < -0.4 is 10.5 Å². The molecule has 0 saturated carbocycles. The summed E-state index contributed by atoms with van der Waals surface area (Å²) in [5.41, 5.74) is 6.02. The summed E-state index contributed by atoms with van der Waals surface area (Å²) in [4.78, 5) is 1.09. The Labute approximate surface area is 127 Å². The van der Waals surface area contributed by atoms with Gasteiger partial charge in [-0.3, -0.25) is 0 Å². The van der Waals surface area contributed by atoms with E-state index in [0.29, 0.717) is 22.9 Å². The van der Waals surface area contributed by atoms with Crippen molar-refractivity contribution >= 4 is 44.7 Å². The summed E-state index contributed by atoms with van der Waals surface area (Å²) in [6.07, 6.45) is 0. The monoisotopic (exact) mass is 360 g/mol. The number of nitrogens with two attached hydrogens (primary N) is 1. The van der Waals surface area contributed by atoms with Crippen molar-refractivity contribution in [3.05, 3.63) is 49.6 Å². The molecule has 1 heterocycles. The summed E-state index contributed by atoms with van der Waals surface area (Å²) < 4.78 is 6.67. The highest BCUT2D eigenvalue weighted by atomic mass is 79.9. The van der Waals surface area contributed by atoms with Crippen molar-refractivity contribution in [3.8, 4) is 5.75 Å². The summed E-state index contributed by atoms with van der Waals surface area (Å²) in [7, 11) is 0. The number of hydrogen-bond donors (Lipinski definition) is 2. The van der Waals surface area contributed by atoms with Crippen LogP contribution in [0.1, 0.15) is 10.4 Å². The molecule has 19 heavy (non-hydrogen) atoms. The Bertz CT molecular complexity index is 616. The highest BCUT2D eigenvalue weighted by Crippen LogP contribution is 2.28. The number of rotatable bonds is 4. The second-order valence-electron chi connectivity index (χ2n) is 3.62. The van der Waals surface area contributed by atoms with Crippen molar-refractivity contribution in [2.45, 2.75) is 6.61 Å². The fourth-order valence-electron chi connectivity index (χ4n) is 1.41. The topological polar surface area (TPSA) is 67.8 Å². The molecule has 0 aliphatic rings. The van der Waals surface area contributed by atoms with Crippen molar-refractivity contribution in [2.75, 3.05) is 0 Å². The molecule has 1 aromatic carbocycles. The average Bonchev–Trinajstić information content (AvgIpc) is 2.82. The molecule has 0 amide bonds. The van der Waals surface area contributed by atoms with Crippen LogP contribution in [0, 0.1) is 0 Å². The van der Waals surface area contributed by atoms with Gasteiger partial charge in [0.05, 0.1) is 8.81 Å². The maximum absolute atomic E-state index is 8.59. The van der Waals surface area contributed by atoms with Gasteiger partial charge in [0.15, 0.2) is 5.84 Å². The summed E-state index contributed by atoms with van der Waals surface area (Å²) in [5.74, 6) is 0.566. The van der Waals surface area contributed by atoms with Gasteiger partial charge in [0.25, 0.3) is 0 Å². The van der Waals surface area contributed by atoms with Crippen molar-refractivity contribution in [3.63, 3.8) is 0 Å². The van der Waals surface area contributed by atoms with Crippen LogP contribution in [0.3, 0.4) is 0 Å². The third-order valence-corrected chi connectivity index (χ3v) is 4.23. The molecule has 4 nitrogen and oxygen atoms in total. The minimum absolute atomic E-state index is 0.00985. The van der Waals surface area contributed by atoms with E-state index in [1.165, 1.54) is 0 Å². The van der Waals surface area contributed by atoms with Crippen LogP contribution in [0.5, 0.6) is 5.75 Å². The molecule has 0 saturated heterocycles. The molecule has 7 heteroatoms. The van der Waals surface area contributed by atoms with Gasteiger partial charge < -0.3 is 15.7 Å². The summed E-state index contributed by atoms with van der Waals surface area (Å²) in [5, 5.41) is 11.9. The van der Waals surface area contributed by atoms with E-state index in [9.17, 15) is 0 Å². The predicted octanol–water partition coefficient (Wildman–Crippen LogP) is 3.84. The number of nitrogens with zero attached hydrogens (tertiary/aromatic N) is 1. The third kappa shape index (κ3) is 3.62. The van der Waals surface area contributed by atoms with E-state index in [1.54, 1.807) is 29.5 Å². The minimum Gasteiger partial charge on any atom is -0.487 e. The molecule has 2 aromatic rings. The number of benzene rings is 1. The van der Waals surface area contributed by atoms with Gasteiger partial charge in [0, 0.05) is 10.4 Å². The molecule has 0 aliphatic heterocycles. The van der Waals surface area contributed by atoms with Gasteiger partial charge in [0.1, 0.15) is 12.4 Å². The number of hydrogen-bond acceptors (Lipinski definition) is 4. The van der Waals surface area contributed by atoms with Gasteiger partial charge in [-0.2, -0.15) is 0 Å². The maximum atomic E-state index is 8.59. The molecule has 2 rings (SSSR count). The first-order valence-electron chi connectivity index (χ1n) is 5.24. The Hall–Kier alpha value is -1.24. The second-order valence-corrected chi connectivity index (χ2v) is 6.58. The fraction of sp³-hybridized carbons (Fsp3) is 0.0833. The van der Waals surface area contributed by atoms with Gasteiger partial charge in [-0.1, -0.05) is 16.8 Å². The lowest BCUT2D eigenvalue weighted by Crippen LogP contribution is -2.12. The van der Waals surface area contributed by atoms with Crippen LogP contribution in [0.25, 0.3) is 0 Å². The van der Waals surface area contributed by atoms with Gasteiger partial charge in [-0.05, 0) is 46.3 Å². The van der Waals surface area contributed by atoms with Crippen LogP contribution in [0.2, 0.25) is 5.02 Å². The molecular formula is C12H10BrClN2O2S. The molecular weight excluding hydrogens is 352 g/mol. The van der Waals surface area contributed by atoms with Crippen molar-refractivity contribution < 1.29 is 9.94 Å². The Balaban J connectivity index is 2.09. The number of thiophene rings is 1. The molecule has 3 N–H and O–H groups in total. The molecule has 0 spiro atoms. The van der Waals surface area contributed by atoms with Crippen molar-refractivity contribution in [1.29, 1.82) is 0 Å². The zero-order chi connectivity index (χ0) is 13.8. The lowest BCUT2D eigenvalue weighted by molar-refractivity contribution is 0.310. The molecule has 0 radical (unpaired) electrons. The highest BCUT2D eigenvalue weighted by molar-refractivity contribution is 9.11. The molecule has 1 aromatic heterocycles. The van der Waals surface area contributed by atoms with E-state index < -0.39 is 0 Å². The second kappa shape index (κ2) is 6.27. The molecule has 0 aliphatic carbocycles. The lowest BCUT2D eigenvalue weighted by Gasteiger charge is -2.08. The summed E-state index contributed by atoms with van der Waals surface area (Å²) >= 11 is 11.1. The number of amidine groups is 1. The van der Waals surface area contributed by atoms with E-state index in [-0.39, 0.29) is 5.84 Å². The van der Waals surface area contributed by atoms with Gasteiger partial charge in [-0.15, -0.1) is 11.3 Å². The summed E-state index contributed by atoms with van der Waals surface area (Å²) in [6, 6.07) is 8.91. The van der Waals surface area contributed by atoms with Gasteiger partial charge >= 0.3 is 0 Å². The Morgan fingerprint density at radius 2 is 2.21 bits per heavy atom. The Kier molecular flexibility index (Phi) is 4.68. The van der Waals surface area contributed by atoms with Crippen LogP contribution >= 0.6 is 38.9 Å². The smallest absolute Gasteiger partial charge is 0.170 e. The van der Waals surface area contributed by atoms with Crippen LogP contribution in [-0.2, 0) is 6.61 Å². The van der Waals surface area contributed by atoms with Crippen LogP contribution in [-0.4, -0.2) is 11.0 Å². The molecule has 0 atom stereocenters. The lowest BCUT2D eigenvalue weighted by atomic mass is 10.2. The summed E-state index contributed by atoms with van der Waals surface area (Å²) in [6.45, 7) is 0.443. The SMILES string of the molecule is N/C(=N/O)c1ccc(OCc2ccc(Br)s2)c(Cl)c1. The van der Waals surface area contributed by atoms with E-state index >= 15 is 0 Å². The minimum atomic E-state index is 0.00985. The molecule has 100 valence electrons. The molecule has 0 unspecified atom stereocenters. The number of halogens is 2. The first kappa shape index (κ1) is 14.2. The maximum Gasteiger partial charge on any atom is 0.170 e. The zero-order valence-electron chi connectivity index (χ0n) is 9.64. The average molecular weight is 362 g/mol. The van der Waals surface area contributed by atoms with Crippen molar-refractivity contribution in [1.82, 2.24) is 0 Å². The Morgan fingerprint density at radius 3 is 2.79 bits per heavy atom. The number of oxime groups is 1. The van der Waals surface area contributed by atoms with E-state index in [4.69, 9.17) is 27.3 Å². The largest absolute Gasteiger partial charge is 0.487 e. The van der Waals surface area contributed by atoms with E-state index in [1.807, 2.05) is 12.1 Å².